The van der Waals surface area contributed by atoms with Gasteiger partial charge in [-0.2, -0.15) is 0 Å². The first-order chi connectivity index (χ1) is 6.72. The van der Waals surface area contributed by atoms with Gasteiger partial charge in [-0.1, -0.05) is 46.3 Å². The van der Waals surface area contributed by atoms with Crippen molar-refractivity contribution in [2.45, 2.75) is 6.42 Å². The maximum atomic E-state index is 8.58. The lowest BCUT2D eigenvalue weighted by Gasteiger charge is -1.94. The molecule has 1 aromatic carbocycles. The molecule has 14 heavy (non-hydrogen) atoms. The highest BCUT2D eigenvalue weighted by Crippen LogP contribution is 1.82. The highest BCUT2D eigenvalue weighted by atomic mass is 79.9. The molecular weight excluding hydrogens is 247 g/mol. The largest absolute Gasteiger partial charge is 0.488 e. The third-order valence-electron chi connectivity index (χ3n) is 1.39. The molecule has 0 spiro atoms. The molecule has 1 aromatic rings. The molecule has 78 valence electrons. The van der Waals surface area contributed by atoms with Gasteiger partial charge < -0.3 is 15.2 Å². The van der Waals surface area contributed by atoms with Crippen molar-refractivity contribution >= 4 is 28.5 Å². The van der Waals surface area contributed by atoms with E-state index in [4.69, 9.17) is 15.2 Å². The molecule has 0 radical (unpaired) electrons. The molecule has 0 saturated heterocycles. The first kappa shape index (κ1) is 13.6. The zero-order valence-electron chi connectivity index (χ0n) is 7.81. The Morgan fingerprint density at radius 2 is 1.71 bits per heavy atom. The normalized spacial score (nSPS) is 8.86. The van der Waals surface area contributed by atoms with Crippen LogP contribution in [0.25, 0.3) is 0 Å². The van der Waals surface area contributed by atoms with Crippen LogP contribution in [0.5, 0.6) is 0 Å². The molecule has 0 unspecified atom stereocenters. The van der Waals surface area contributed by atoms with E-state index in [9.17, 15) is 0 Å². The molecule has 5 heteroatoms. The maximum Gasteiger partial charge on any atom is 0.488 e. The fraction of sp³-hybridized carbons (Fsp3) is 0.333. The van der Waals surface area contributed by atoms with Crippen LogP contribution in [0.15, 0.2) is 30.3 Å². The monoisotopic (exact) mass is 260 g/mol. The van der Waals surface area contributed by atoms with Crippen molar-refractivity contribution < 1.29 is 15.2 Å². The molecule has 1 rings (SSSR count). The van der Waals surface area contributed by atoms with Crippen molar-refractivity contribution in [3.05, 3.63) is 30.3 Å². The quantitative estimate of drug-likeness (QED) is 0.535. The zero-order valence-corrected chi connectivity index (χ0v) is 9.39. The summed E-state index contributed by atoms with van der Waals surface area (Å²) in [6.45, 7) is 0.297. The lowest BCUT2D eigenvalue weighted by atomic mass is 9.81. The van der Waals surface area contributed by atoms with Crippen molar-refractivity contribution in [1.29, 1.82) is 0 Å². The van der Waals surface area contributed by atoms with E-state index in [0.717, 1.165) is 11.8 Å². The van der Waals surface area contributed by atoms with Gasteiger partial charge in [0.1, 0.15) is 0 Å². The van der Waals surface area contributed by atoms with E-state index in [0.29, 0.717) is 12.1 Å². The topological polar surface area (TPSA) is 60.7 Å². The third kappa shape index (κ3) is 7.09. The molecule has 0 bridgehead atoms. The molecule has 0 aliphatic heterocycles. The minimum atomic E-state index is -1.34. The van der Waals surface area contributed by atoms with E-state index in [1.807, 2.05) is 6.07 Å². The van der Waals surface area contributed by atoms with Gasteiger partial charge in [-0.25, -0.2) is 0 Å². The van der Waals surface area contributed by atoms with Crippen LogP contribution in [0.2, 0.25) is 0 Å². The van der Waals surface area contributed by atoms with Crippen LogP contribution in [0.3, 0.4) is 0 Å². The Morgan fingerprint density at radius 1 is 1.14 bits per heavy atom. The van der Waals surface area contributed by atoms with Crippen LogP contribution < -0.4 is 5.46 Å². The number of aliphatic hydroxyl groups is 1. The molecule has 0 aliphatic carbocycles. The second kappa shape index (κ2) is 9.21. The Hall–Kier alpha value is -0.355. The van der Waals surface area contributed by atoms with Gasteiger partial charge in [-0.15, -0.1) is 0 Å². The fourth-order valence-electron chi connectivity index (χ4n) is 0.685. The Kier molecular flexibility index (Phi) is 8.98. The van der Waals surface area contributed by atoms with Crippen LogP contribution in [0.4, 0.5) is 0 Å². The lowest BCUT2D eigenvalue weighted by Crippen LogP contribution is -2.29. The summed E-state index contributed by atoms with van der Waals surface area (Å²) in [5, 5.41) is 26.1. The summed E-state index contributed by atoms with van der Waals surface area (Å²) in [6, 6.07) is 8.66. The molecule has 3 nitrogen and oxygen atoms in total. The van der Waals surface area contributed by atoms with Gasteiger partial charge in [0.05, 0.1) is 0 Å². The van der Waals surface area contributed by atoms with Crippen LogP contribution in [0.1, 0.15) is 6.42 Å². The number of hydrogen-bond donors (Lipinski definition) is 3. The predicted octanol–water partition coefficient (Wildman–Crippen LogP) is 0.130. The minimum absolute atomic E-state index is 0.297. The highest BCUT2D eigenvalue weighted by molar-refractivity contribution is 9.09. The number of rotatable bonds is 3. The van der Waals surface area contributed by atoms with Crippen LogP contribution >= 0.6 is 15.9 Å². The molecular formula is C9H14BBrO3. The standard InChI is InChI=1S/C6H7BO2.C3H7BrO/c8-7(9)6-4-2-1-3-5-6;4-2-1-3-5/h1-5,8-9H;5H,1-3H2. The SMILES string of the molecule is OB(O)c1ccccc1.OCCCBr. The number of halogens is 1. The Morgan fingerprint density at radius 3 is 1.93 bits per heavy atom. The van der Waals surface area contributed by atoms with Gasteiger partial charge in [-0.05, 0) is 11.9 Å². The van der Waals surface area contributed by atoms with Gasteiger partial charge in [-0.3, -0.25) is 0 Å². The molecule has 0 heterocycles. The zero-order chi connectivity index (χ0) is 10.8. The predicted molar refractivity (Wildman–Crippen MR) is 61.8 cm³/mol. The molecule has 0 aromatic heterocycles. The Labute approximate surface area is 92.7 Å². The van der Waals surface area contributed by atoms with Crippen molar-refractivity contribution in [3.63, 3.8) is 0 Å². The third-order valence-corrected chi connectivity index (χ3v) is 1.95. The summed E-state index contributed by atoms with van der Waals surface area (Å²) in [6.07, 6.45) is 0.861. The summed E-state index contributed by atoms with van der Waals surface area (Å²) >= 11 is 3.15. The van der Waals surface area contributed by atoms with E-state index in [1.54, 1.807) is 24.3 Å². The van der Waals surface area contributed by atoms with E-state index in [2.05, 4.69) is 15.9 Å². The summed E-state index contributed by atoms with van der Waals surface area (Å²) < 4.78 is 0. The summed E-state index contributed by atoms with van der Waals surface area (Å²) in [4.78, 5) is 0. The average Bonchev–Trinajstić information content (AvgIpc) is 2.21. The summed E-state index contributed by atoms with van der Waals surface area (Å²) in [7, 11) is -1.34. The van der Waals surface area contributed by atoms with E-state index < -0.39 is 7.12 Å². The molecule has 0 saturated carbocycles. The maximum absolute atomic E-state index is 8.58. The average molecular weight is 261 g/mol. The van der Waals surface area contributed by atoms with E-state index in [-0.39, 0.29) is 0 Å². The molecule has 0 atom stereocenters. The smallest absolute Gasteiger partial charge is 0.423 e. The van der Waals surface area contributed by atoms with Crippen LogP contribution in [-0.2, 0) is 0 Å². The fourth-order valence-corrected chi connectivity index (χ4v) is 0.936. The van der Waals surface area contributed by atoms with Crippen molar-refractivity contribution in [1.82, 2.24) is 0 Å². The number of hydrogen-bond acceptors (Lipinski definition) is 3. The summed E-state index contributed by atoms with van der Waals surface area (Å²) in [5.41, 5.74) is 0.525. The Bertz CT molecular complexity index is 217. The summed E-state index contributed by atoms with van der Waals surface area (Å²) in [5.74, 6) is 0. The second-order valence-electron chi connectivity index (χ2n) is 2.55. The van der Waals surface area contributed by atoms with Crippen LogP contribution in [-0.4, -0.2) is 34.2 Å². The van der Waals surface area contributed by atoms with E-state index in [1.165, 1.54) is 0 Å². The van der Waals surface area contributed by atoms with Crippen molar-refractivity contribution in [3.8, 4) is 0 Å². The molecule has 3 N–H and O–H groups in total. The lowest BCUT2D eigenvalue weighted by molar-refractivity contribution is 0.296. The van der Waals surface area contributed by atoms with Gasteiger partial charge in [0.15, 0.2) is 0 Å². The van der Waals surface area contributed by atoms with Gasteiger partial charge in [0.2, 0.25) is 0 Å². The van der Waals surface area contributed by atoms with E-state index >= 15 is 0 Å². The molecule has 0 fully saturated rings. The highest BCUT2D eigenvalue weighted by Gasteiger charge is 2.07. The Balaban J connectivity index is 0.000000292. The van der Waals surface area contributed by atoms with Crippen LogP contribution in [0, 0.1) is 0 Å². The number of alkyl halides is 1. The first-order valence-electron chi connectivity index (χ1n) is 4.30. The second-order valence-corrected chi connectivity index (χ2v) is 3.34. The van der Waals surface area contributed by atoms with Gasteiger partial charge >= 0.3 is 7.12 Å². The molecule has 0 amide bonds. The molecule has 0 aliphatic rings. The van der Waals surface area contributed by atoms with Crippen molar-refractivity contribution in [2.75, 3.05) is 11.9 Å². The van der Waals surface area contributed by atoms with Crippen molar-refractivity contribution in [2.24, 2.45) is 0 Å². The minimum Gasteiger partial charge on any atom is -0.423 e. The van der Waals surface area contributed by atoms with Gasteiger partial charge in [0.25, 0.3) is 0 Å². The first-order valence-corrected chi connectivity index (χ1v) is 5.42. The van der Waals surface area contributed by atoms with Gasteiger partial charge in [0, 0.05) is 11.9 Å². The number of benzene rings is 1. The number of aliphatic hydroxyl groups excluding tert-OH is 1.